The molecular formula is C14H30BNO4. The maximum atomic E-state index is 11.6. The van der Waals surface area contributed by atoms with Crippen LogP contribution < -0.4 is 5.73 Å². The Hall–Kier alpha value is -0.585. The summed E-state index contributed by atoms with van der Waals surface area (Å²) in [5.74, 6) is -0.453. The fourth-order valence-electron chi connectivity index (χ4n) is 2.59. The Bertz CT molecular complexity index is 286. The third-order valence-corrected chi connectivity index (χ3v) is 4.01. The number of carboxylic acids is 1. The van der Waals surface area contributed by atoms with Gasteiger partial charge in [0.05, 0.1) is 0 Å². The SMILES string of the molecule is CCC(CCC(C)C)C(N)(CCCCB(O)O)C(=O)O. The summed E-state index contributed by atoms with van der Waals surface area (Å²) in [5.41, 5.74) is 4.97. The lowest BCUT2D eigenvalue weighted by Gasteiger charge is -2.34. The molecule has 0 saturated heterocycles. The number of carboxylic acid groups (broad SMARTS) is 1. The van der Waals surface area contributed by atoms with Crippen molar-refractivity contribution >= 4 is 13.1 Å². The van der Waals surface area contributed by atoms with Gasteiger partial charge in [0.2, 0.25) is 0 Å². The van der Waals surface area contributed by atoms with E-state index in [1.54, 1.807) is 0 Å². The molecule has 5 nitrogen and oxygen atoms in total. The standard InChI is InChI=1S/C14H30BNO4/c1-4-12(8-7-11(2)3)14(16,13(17)18)9-5-6-10-15(19)20/h11-12,19-20H,4-10,16H2,1-3H3,(H,17,18). The zero-order valence-corrected chi connectivity index (χ0v) is 13.0. The highest BCUT2D eigenvalue weighted by Crippen LogP contribution is 2.30. The van der Waals surface area contributed by atoms with E-state index in [2.05, 4.69) is 13.8 Å². The first-order chi connectivity index (χ1) is 9.24. The molecule has 0 saturated carbocycles. The summed E-state index contributed by atoms with van der Waals surface area (Å²) >= 11 is 0. The van der Waals surface area contributed by atoms with Crippen molar-refractivity contribution < 1.29 is 19.9 Å². The van der Waals surface area contributed by atoms with Crippen LogP contribution in [0.2, 0.25) is 6.32 Å². The summed E-state index contributed by atoms with van der Waals surface area (Å²) < 4.78 is 0. The molecule has 5 N–H and O–H groups in total. The van der Waals surface area contributed by atoms with Gasteiger partial charge in [0.1, 0.15) is 5.54 Å². The number of aliphatic carboxylic acids is 1. The molecule has 2 atom stereocenters. The van der Waals surface area contributed by atoms with E-state index in [0.29, 0.717) is 25.2 Å². The zero-order chi connectivity index (χ0) is 15.8. The van der Waals surface area contributed by atoms with E-state index in [4.69, 9.17) is 15.8 Å². The predicted octanol–water partition coefficient (Wildman–Crippen LogP) is 1.87. The minimum atomic E-state index is -1.32. The van der Waals surface area contributed by atoms with Crippen molar-refractivity contribution in [2.45, 2.75) is 71.2 Å². The summed E-state index contributed by atoms with van der Waals surface area (Å²) in [6.07, 6.45) is 4.35. The first-order valence-corrected chi connectivity index (χ1v) is 7.62. The maximum absolute atomic E-state index is 11.6. The molecule has 0 bridgehead atoms. The van der Waals surface area contributed by atoms with Crippen LogP contribution in [0, 0.1) is 11.8 Å². The Morgan fingerprint density at radius 3 is 2.25 bits per heavy atom. The third-order valence-electron chi connectivity index (χ3n) is 4.01. The third kappa shape index (κ3) is 6.73. The van der Waals surface area contributed by atoms with E-state index in [1.807, 2.05) is 6.92 Å². The number of unbranched alkanes of at least 4 members (excludes halogenated alkanes) is 1. The molecule has 0 rings (SSSR count). The second kappa shape index (κ2) is 9.37. The minimum Gasteiger partial charge on any atom is -0.480 e. The molecule has 0 aromatic heterocycles. The smallest absolute Gasteiger partial charge is 0.451 e. The van der Waals surface area contributed by atoms with Crippen LogP contribution in [0.4, 0.5) is 0 Å². The number of nitrogens with two attached hydrogens (primary N) is 1. The number of rotatable bonds is 11. The second-order valence-corrected chi connectivity index (χ2v) is 6.15. The molecule has 0 spiro atoms. The van der Waals surface area contributed by atoms with Gasteiger partial charge in [-0.2, -0.15) is 0 Å². The second-order valence-electron chi connectivity index (χ2n) is 6.15. The molecule has 0 amide bonds. The van der Waals surface area contributed by atoms with Crippen molar-refractivity contribution in [3.05, 3.63) is 0 Å². The van der Waals surface area contributed by atoms with Gasteiger partial charge in [-0.05, 0) is 31.0 Å². The molecule has 20 heavy (non-hydrogen) atoms. The van der Waals surface area contributed by atoms with Crippen molar-refractivity contribution in [1.82, 2.24) is 0 Å². The van der Waals surface area contributed by atoms with E-state index in [9.17, 15) is 9.90 Å². The molecule has 0 aliphatic carbocycles. The summed E-state index contributed by atoms with van der Waals surface area (Å²) in [5, 5.41) is 27.1. The highest BCUT2D eigenvalue weighted by Gasteiger charge is 2.40. The van der Waals surface area contributed by atoms with Gasteiger partial charge in [-0.3, -0.25) is 4.79 Å². The monoisotopic (exact) mass is 287 g/mol. The zero-order valence-electron chi connectivity index (χ0n) is 13.0. The van der Waals surface area contributed by atoms with Gasteiger partial charge in [0, 0.05) is 0 Å². The van der Waals surface area contributed by atoms with Crippen LogP contribution >= 0.6 is 0 Å². The fraction of sp³-hybridized carbons (Fsp3) is 0.929. The first kappa shape index (κ1) is 19.4. The molecule has 0 aromatic rings. The lowest BCUT2D eigenvalue weighted by molar-refractivity contribution is -0.146. The summed E-state index contributed by atoms with van der Waals surface area (Å²) in [7, 11) is -1.32. The Morgan fingerprint density at radius 2 is 1.85 bits per heavy atom. The van der Waals surface area contributed by atoms with Gasteiger partial charge in [0.25, 0.3) is 0 Å². The average Bonchev–Trinajstić information content (AvgIpc) is 2.34. The Morgan fingerprint density at radius 1 is 1.25 bits per heavy atom. The minimum absolute atomic E-state index is 0.0403. The molecule has 6 heteroatoms. The van der Waals surface area contributed by atoms with Crippen LogP contribution in [-0.2, 0) is 4.79 Å². The van der Waals surface area contributed by atoms with Crippen LogP contribution in [0.3, 0.4) is 0 Å². The highest BCUT2D eigenvalue weighted by atomic mass is 16.4. The average molecular weight is 287 g/mol. The first-order valence-electron chi connectivity index (χ1n) is 7.62. The molecule has 2 unspecified atom stereocenters. The largest absolute Gasteiger partial charge is 0.480 e. The molecule has 0 aliphatic heterocycles. The summed E-state index contributed by atoms with van der Waals surface area (Å²) in [6.45, 7) is 6.22. The molecule has 0 fully saturated rings. The molecule has 0 aromatic carbocycles. The van der Waals surface area contributed by atoms with Gasteiger partial charge >= 0.3 is 13.1 Å². The van der Waals surface area contributed by atoms with E-state index in [-0.39, 0.29) is 12.2 Å². The van der Waals surface area contributed by atoms with Gasteiger partial charge < -0.3 is 20.9 Å². The quantitative estimate of drug-likeness (QED) is 0.343. The van der Waals surface area contributed by atoms with Crippen LogP contribution in [0.1, 0.15) is 59.3 Å². The molecule has 0 aliphatic rings. The molecule has 118 valence electrons. The summed E-state index contributed by atoms with van der Waals surface area (Å²) in [4.78, 5) is 11.6. The number of hydrogen-bond acceptors (Lipinski definition) is 4. The number of carbonyl (C=O) groups is 1. The maximum Gasteiger partial charge on any atom is 0.451 e. The van der Waals surface area contributed by atoms with Crippen LogP contribution in [0.15, 0.2) is 0 Å². The predicted molar refractivity (Wildman–Crippen MR) is 81.3 cm³/mol. The summed E-state index contributed by atoms with van der Waals surface area (Å²) in [6, 6.07) is 0. The van der Waals surface area contributed by atoms with E-state index >= 15 is 0 Å². The van der Waals surface area contributed by atoms with Crippen molar-refractivity contribution in [3.63, 3.8) is 0 Å². The van der Waals surface area contributed by atoms with Gasteiger partial charge in [-0.15, -0.1) is 0 Å². The Kier molecular flexibility index (Phi) is 9.10. The van der Waals surface area contributed by atoms with Crippen molar-refractivity contribution in [1.29, 1.82) is 0 Å². The fourth-order valence-corrected chi connectivity index (χ4v) is 2.59. The van der Waals surface area contributed by atoms with Crippen LogP contribution in [-0.4, -0.2) is 33.8 Å². The highest BCUT2D eigenvalue weighted by molar-refractivity contribution is 6.40. The Labute approximate surface area is 122 Å². The normalized spacial score (nSPS) is 15.9. The van der Waals surface area contributed by atoms with Crippen LogP contribution in [0.5, 0.6) is 0 Å². The van der Waals surface area contributed by atoms with E-state index in [1.165, 1.54) is 0 Å². The van der Waals surface area contributed by atoms with Gasteiger partial charge in [-0.25, -0.2) is 0 Å². The van der Waals surface area contributed by atoms with Crippen molar-refractivity contribution in [2.75, 3.05) is 0 Å². The molecule has 0 heterocycles. The van der Waals surface area contributed by atoms with Gasteiger partial charge in [0.15, 0.2) is 0 Å². The topological polar surface area (TPSA) is 104 Å². The van der Waals surface area contributed by atoms with Gasteiger partial charge in [-0.1, -0.05) is 46.5 Å². The number of hydrogen-bond donors (Lipinski definition) is 4. The van der Waals surface area contributed by atoms with E-state index < -0.39 is 18.6 Å². The Balaban J connectivity index is 4.57. The lowest BCUT2D eigenvalue weighted by atomic mass is 9.74. The molecule has 0 radical (unpaired) electrons. The van der Waals surface area contributed by atoms with Crippen molar-refractivity contribution in [2.24, 2.45) is 17.6 Å². The van der Waals surface area contributed by atoms with Crippen LogP contribution in [0.25, 0.3) is 0 Å². The van der Waals surface area contributed by atoms with E-state index in [0.717, 1.165) is 19.3 Å². The van der Waals surface area contributed by atoms with Crippen molar-refractivity contribution in [3.8, 4) is 0 Å². The lowest BCUT2D eigenvalue weighted by Crippen LogP contribution is -2.54. The molecular weight excluding hydrogens is 257 g/mol.